The number of nitrogens with zero attached hydrogens (tertiary/aromatic N) is 2. The highest BCUT2D eigenvalue weighted by molar-refractivity contribution is 7.99. The summed E-state index contributed by atoms with van der Waals surface area (Å²) in [6, 6.07) is 2.65. The number of unbranched alkanes of at least 4 members (excludes halogenated alkanes) is 1. The van der Waals surface area contributed by atoms with Crippen molar-refractivity contribution < 1.29 is 0 Å². The van der Waals surface area contributed by atoms with E-state index in [0.29, 0.717) is 6.04 Å². The maximum Gasteiger partial charge on any atom is 0.187 e. The Balaban J connectivity index is 2.17. The Morgan fingerprint density at radius 1 is 1.22 bits per heavy atom. The van der Waals surface area contributed by atoms with Crippen molar-refractivity contribution in [1.29, 1.82) is 0 Å². The first-order chi connectivity index (χ1) is 8.61. The molecule has 0 aliphatic carbocycles. The summed E-state index contributed by atoms with van der Waals surface area (Å²) >= 11 is 1.77. The van der Waals surface area contributed by atoms with Gasteiger partial charge in [0.15, 0.2) is 5.16 Å². The lowest BCUT2D eigenvalue weighted by Crippen LogP contribution is -2.25. The van der Waals surface area contributed by atoms with Crippen LogP contribution in [0.4, 0.5) is 0 Å². The molecule has 0 saturated carbocycles. The maximum atomic E-state index is 4.44. The highest BCUT2D eigenvalue weighted by Crippen LogP contribution is 2.16. The van der Waals surface area contributed by atoms with E-state index in [1.807, 2.05) is 19.9 Å². The van der Waals surface area contributed by atoms with Crippen LogP contribution in [0.3, 0.4) is 0 Å². The van der Waals surface area contributed by atoms with Crippen molar-refractivity contribution >= 4 is 11.8 Å². The smallest absolute Gasteiger partial charge is 0.187 e. The molecule has 1 atom stereocenters. The molecular formula is C14H25N3S. The summed E-state index contributed by atoms with van der Waals surface area (Å²) in [4.78, 5) is 8.87. The maximum absolute atomic E-state index is 4.44. The molecule has 1 heterocycles. The molecule has 0 spiro atoms. The molecule has 1 unspecified atom stereocenters. The number of aromatic nitrogens is 2. The molecule has 0 amide bonds. The zero-order chi connectivity index (χ0) is 13.4. The van der Waals surface area contributed by atoms with Gasteiger partial charge in [-0.25, -0.2) is 9.97 Å². The lowest BCUT2D eigenvalue weighted by molar-refractivity contribution is 0.510. The van der Waals surface area contributed by atoms with Crippen molar-refractivity contribution in [3.63, 3.8) is 0 Å². The molecule has 4 heteroatoms. The van der Waals surface area contributed by atoms with E-state index in [1.165, 1.54) is 19.3 Å². The summed E-state index contributed by atoms with van der Waals surface area (Å²) in [6.07, 6.45) is 3.75. The number of hydrogen-bond acceptors (Lipinski definition) is 4. The third-order valence-electron chi connectivity index (χ3n) is 2.78. The van der Waals surface area contributed by atoms with Crippen molar-refractivity contribution in [3.05, 3.63) is 17.5 Å². The van der Waals surface area contributed by atoms with E-state index < -0.39 is 0 Å². The van der Waals surface area contributed by atoms with Gasteiger partial charge in [-0.2, -0.15) is 0 Å². The van der Waals surface area contributed by atoms with Crippen LogP contribution in [0.5, 0.6) is 0 Å². The van der Waals surface area contributed by atoms with Gasteiger partial charge < -0.3 is 5.32 Å². The van der Waals surface area contributed by atoms with Crippen LogP contribution in [-0.2, 0) is 0 Å². The van der Waals surface area contributed by atoms with Crippen LogP contribution < -0.4 is 5.32 Å². The van der Waals surface area contributed by atoms with E-state index in [9.17, 15) is 0 Å². The molecule has 102 valence electrons. The van der Waals surface area contributed by atoms with Gasteiger partial charge in [0, 0.05) is 23.2 Å². The summed E-state index contributed by atoms with van der Waals surface area (Å²) in [5.41, 5.74) is 2.12. The fourth-order valence-corrected chi connectivity index (χ4v) is 2.87. The summed E-state index contributed by atoms with van der Waals surface area (Å²) in [6.45, 7) is 9.52. The zero-order valence-electron chi connectivity index (χ0n) is 12.0. The third-order valence-corrected chi connectivity index (χ3v) is 3.71. The SMILES string of the molecule is CCNC(C)CCCCSc1nc(C)cc(C)n1. The number of aryl methyl sites for hydroxylation is 2. The summed E-state index contributed by atoms with van der Waals surface area (Å²) in [5.74, 6) is 1.11. The lowest BCUT2D eigenvalue weighted by Gasteiger charge is -2.11. The van der Waals surface area contributed by atoms with Crippen molar-refractivity contribution in [1.82, 2.24) is 15.3 Å². The van der Waals surface area contributed by atoms with Crippen LogP contribution in [0.2, 0.25) is 0 Å². The zero-order valence-corrected chi connectivity index (χ0v) is 12.8. The highest BCUT2D eigenvalue weighted by Gasteiger charge is 2.02. The quantitative estimate of drug-likeness (QED) is 0.445. The minimum absolute atomic E-state index is 0.637. The number of nitrogens with one attached hydrogen (secondary N) is 1. The predicted octanol–water partition coefficient (Wildman–Crippen LogP) is 3.35. The first-order valence-electron chi connectivity index (χ1n) is 6.80. The minimum Gasteiger partial charge on any atom is -0.315 e. The summed E-state index contributed by atoms with van der Waals surface area (Å²) < 4.78 is 0. The van der Waals surface area contributed by atoms with E-state index in [4.69, 9.17) is 0 Å². The lowest BCUT2D eigenvalue weighted by atomic mass is 10.1. The fourth-order valence-electron chi connectivity index (χ4n) is 1.92. The van der Waals surface area contributed by atoms with Crippen LogP contribution in [0.25, 0.3) is 0 Å². The van der Waals surface area contributed by atoms with Crippen LogP contribution >= 0.6 is 11.8 Å². The van der Waals surface area contributed by atoms with Crippen LogP contribution in [0, 0.1) is 13.8 Å². The molecule has 0 aromatic carbocycles. The third kappa shape index (κ3) is 6.36. The molecule has 1 N–H and O–H groups in total. The monoisotopic (exact) mass is 267 g/mol. The first-order valence-corrected chi connectivity index (χ1v) is 7.79. The second-order valence-corrected chi connectivity index (χ2v) is 5.80. The molecule has 3 nitrogen and oxygen atoms in total. The predicted molar refractivity (Wildman–Crippen MR) is 79.2 cm³/mol. The Morgan fingerprint density at radius 3 is 2.50 bits per heavy atom. The molecule has 0 saturated heterocycles. The van der Waals surface area contributed by atoms with Crippen molar-refractivity contribution in [3.8, 4) is 0 Å². The van der Waals surface area contributed by atoms with E-state index in [1.54, 1.807) is 11.8 Å². The Morgan fingerprint density at radius 2 is 1.89 bits per heavy atom. The molecule has 0 radical (unpaired) electrons. The molecule has 0 aliphatic heterocycles. The van der Waals surface area contributed by atoms with Gasteiger partial charge in [-0.1, -0.05) is 25.1 Å². The molecule has 18 heavy (non-hydrogen) atoms. The van der Waals surface area contributed by atoms with Gasteiger partial charge in [0.2, 0.25) is 0 Å². The molecule has 0 bridgehead atoms. The standard InChI is InChI=1S/C14H25N3S/c1-5-15-11(2)8-6-7-9-18-14-16-12(3)10-13(4)17-14/h10-11,15H,5-9H2,1-4H3. The van der Waals surface area contributed by atoms with Crippen LogP contribution in [0.1, 0.15) is 44.5 Å². The Hall–Kier alpha value is -0.610. The molecule has 0 fully saturated rings. The normalized spacial score (nSPS) is 12.7. The van der Waals surface area contributed by atoms with E-state index in [2.05, 4.69) is 29.1 Å². The van der Waals surface area contributed by atoms with Gasteiger partial charge in [0.05, 0.1) is 0 Å². The molecule has 1 aromatic heterocycles. The number of hydrogen-bond donors (Lipinski definition) is 1. The van der Waals surface area contributed by atoms with Gasteiger partial charge >= 0.3 is 0 Å². The summed E-state index contributed by atoms with van der Waals surface area (Å²) in [5, 5.41) is 4.36. The number of thioether (sulfide) groups is 1. The highest BCUT2D eigenvalue weighted by atomic mass is 32.2. The second kappa shape index (κ2) is 8.48. The van der Waals surface area contributed by atoms with Crippen molar-refractivity contribution in [2.24, 2.45) is 0 Å². The topological polar surface area (TPSA) is 37.8 Å². The van der Waals surface area contributed by atoms with Crippen molar-refractivity contribution in [2.45, 2.75) is 58.2 Å². The summed E-state index contributed by atoms with van der Waals surface area (Å²) in [7, 11) is 0. The average molecular weight is 267 g/mol. The molecular weight excluding hydrogens is 242 g/mol. The van der Waals surface area contributed by atoms with Crippen LogP contribution in [0.15, 0.2) is 11.2 Å². The van der Waals surface area contributed by atoms with E-state index >= 15 is 0 Å². The van der Waals surface area contributed by atoms with Gasteiger partial charge in [-0.05, 0) is 46.2 Å². The largest absolute Gasteiger partial charge is 0.315 e. The van der Waals surface area contributed by atoms with Gasteiger partial charge in [-0.3, -0.25) is 0 Å². The second-order valence-electron chi connectivity index (χ2n) is 4.74. The van der Waals surface area contributed by atoms with Crippen molar-refractivity contribution in [2.75, 3.05) is 12.3 Å². The molecule has 1 aromatic rings. The Bertz CT molecular complexity index is 335. The fraction of sp³-hybridized carbons (Fsp3) is 0.714. The first kappa shape index (κ1) is 15.4. The van der Waals surface area contributed by atoms with Gasteiger partial charge in [0.1, 0.15) is 0 Å². The van der Waals surface area contributed by atoms with Crippen LogP contribution in [-0.4, -0.2) is 28.3 Å². The Kier molecular flexibility index (Phi) is 7.28. The average Bonchev–Trinajstić information content (AvgIpc) is 2.27. The van der Waals surface area contributed by atoms with E-state index in [0.717, 1.165) is 28.8 Å². The van der Waals surface area contributed by atoms with Gasteiger partial charge in [-0.15, -0.1) is 0 Å². The van der Waals surface area contributed by atoms with E-state index in [-0.39, 0.29) is 0 Å². The molecule has 0 aliphatic rings. The molecule has 1 rings (SSSR count). The Labute approximate surface area is 115 Å². The minimum atomic E-state index is 0.637. The number of rotatable bonds is 8. The van der Waals surface area contributed by atoms with Gasteiger partial charge in [0.25, 0.3) is 0 Å².